The van der Waals surface area contributed by atoms with Crippen molar-refractivity contribution in [2.45, 2.75) is 252 Å². The van der Waals surface area contributed by atoms with Gasteiger partial charge in [-0.25, -0.2) is 4.79 Å². The molecular weight excluding hydrogens is 665 g/mol. The Bertz CT molecular complexity index is 732. The highest BCUT2D eigenvalue weighted by Crippen LogP contribution is 2.24. The lowest BCUT2D eigenvalue weighted by atomic mass is 10.0. The number of rotatable bonds is 39. The van der Waals surface area contributed by atoms with Crippen molar-refractivity contribution in [2.24, 2.45) is 0 Å². The summed E-state index contributed by atoms with van der Waals surface area (Å²) < 4.78 is 6.25. The van der Waals surface area contributed by atoms with Gasteiger partial charge in [-0.15, -0.1) is 5.06 Å². The van der Waals surface area contributed by atoms with Crippen LogP contribution in [0.5, 0.6) is 0 Å². The number of nitrogens with zero attached hydrogens (tertiary/aromatic N) is 2. The molecule has 0 aromatic carbocycles. The Kier molecular flexibility index (Phi) is 39.3. The molecule has 310 valence electrons. The molecule has 0 atom stereocenters. The fraction of sp³-hybridized carbons (Fsp3) is 0.956. The van der Waals surface area contributed by atoms with Crippen LogP contribution in [0.15, 0.2) is 0 Å². The van der Waals surface area contributed by atoms with Gasteiger partial charge in [0.15, 0.2) is 0 Å². The van der Waals surface area contributed by atoms with Gasteiger partial charge in [-0.1, -0.05) is 206 Å². The van der Waals surface area contributed by atoms with Gasteiger partial charge in [0.25, 0.3) is 0 Å². The molecule has 0 aliphatic rings. The van der Waals surface area contributed by atoms with Crippen molar-refractivity contribution in [1.82, 2.24) is 9.96 Å². The van der Waals surface area contributed by atoms with Crippen LogP contribution in [0, 0.1) is 0 Å². The first-order valence-corrected chi connectivity index (χ1v) is 23.9. The van der Waals surface area contributed by atoms with Crippen molar-refractivity contribution in [3.05, 3.63) is 0 Å². The first-order valence-electron chi connectivity index (χ1n) is 22.9. The van der Waals surface area contributed by atoms with E-state index >= 15 is 0 Å². The number of unbranched alkanes of at least 4 members (excludes halogenated alkanes) is 24. The van der Waals surface area contributed by atoms with Crippen LogP contribution >= 0.6 is 11.8 Å². The van der Waals surface area contributed by atoms with Crippen molar-refractivity contribution in [1.29, 1.82) is 0 Å². The molecule has 0 heterocycles. The highest BCUT2D eigenvalue weighted by molar-refractivity contribution is 8.13. The van der Waals surface area contributed by atoms with E-state index in [0.717, 1.165) is 69.4 Å². The summed E-state index contributed by atoms with van der Waals surface area (Å²) in [6.45, 7) is 9.95. The predicted molar refractivity (Wildman–Crippen MR) is 228 cm³/mol. The summed E-state index contributed by atoms with van der Waals surface area (Å²) in [7, 11) is 4.10. The Morgan fingerprint density at radius 2 is 0.788 bits per heavy atom. The first-order chi connectivity index (χ1) is 25.4. The maximum Gasteiger partial charge on any atom is 0.442 e. The van der Waals surface area contributed by atoms with Gasteiger partial charge in [-0.05, 0) is 65.6 Å². The van der Waals surface area contributed by atoms with Crippen molar-refractivity contribution in [3.63, 3.8) is 0 Å². The fourth-order valence-corrected chi connectivity index (χ4v) is 7.61. The third kappa shape index (κ3) is 33.8. The van der Waals surface area contributed by atoms with Crippen LogP contribution < -0.4 is 0 Å². The van der Waals surface area contributed by atoms with E-state index in [0.29, 0.717) is 5.75 Å². The molecule has 52 heavy (non-hydrogen) atoms. The summed E-state index contributed by atoms with van der Waals surface area (Å²) in [5.41, 5.74) is 0. The topological polar surface area (TPSA) is 59.1 Å². The summed E-state index contributed by atoms with van der Waals surface area (Å²) in [4.78, 5) is 36.3. The van der Waals surface area contributed by atoms with E-state index in [9.17, 15) is 9.59 Å². The van der Waals surface area contributed by atoms with Crippen molar-refractivity contribution < 1.29 is 19.2 Å². The maximum absolute atomic E-state index is 14.0. The second-order valence-corrected chi connectivity index (χ2v) is 17.0. The Morgan fingerprint density at radius 1 is 0.462 bits per heavy atom. The average Bonchev–Trinajstić information content (AvgIpc) is 3.13. The molecule has 0 aliphatic carbocycles. The van der Waals surface area contributed by atoms with E-state index < -0.39 is 6.09 Å². The highest BCUT2D eigenvalue weighted by atomic mass is 32.2. The predicted octanol–water partition coefficient (Wildman–Crippen LogP) is 15.5. The molecule has 0 saturated carbocycles. The molecule has 0 aromatic rings. The molecule has 0 aromatic heterocycles. The second-order valence-electron chi connectivity index (χ2n) is 15.9. The summed E-state index contributed by atoms with van der Waals surface area (Å²) in [6, 6.07) is 0. The zero-order valence-corrected chi connectivity index (χ0v) is 36.7. The van der Waals surface area contributed by atoms with Crippen LogP contribution in [-0.2, 0) is 9.57 Å². The molecule has 0 unspecified atom stereocenters. The minimum atomic E-state index is -0.592. The van der Waals surface area contributed by atoms with Gasteiger partial charge in [0.1, 0.15) is 6.10 Å². The Balaban J connectivity index is 5.64. The third-order valence-electron chi connectivity index (χ3n) is 10.3. The van der Waals surface area contributed by atoms with E-state index in [1.807, 2.05) is 14.1 Å². The van der Waals surface area contributed by atoms with Crippen LogP contribution in [0.1, 0.15) is 240 Å². The van der Waals surface area contributed by atoms with E-state index in [1.165, 1.54) is 166 Å². The molecule has 0 fully saturated rings. The number of amides is 2. The van der Waals surface area contributed by atoms with E-state index in [-0.39, 0.29) is 17.4 Å². The van der Waals surface area contributed by atoms with Gasteiger partial charge < -0.3 is 9.64 Å². The molecule has 0 aliphatic heterocycles. The number of thioether (sulfide) groups is 1. The van der Waals surface area contributed by atoms with E-state index in [2.05, 4.69) is 32.6 Å². The zero-order chi connectivity index (χ0) is 38.3. The monoisotopic (exact) mass is 755 g/mol. The minimum Gasteiger partial charge on any atom is -0.444 e. The van der Waals surface area contributed by atoms with Gasteiger partial charge in [0.2, 0.25) is 0 Å². The maximum atomic E-state index is 14.0. The second kappa shape index (κ2) is 39.9. The van der Waals surface area contributed by atoms with Gasteiger partial charge >= 0.3 is 11.3 Å². The van der Waals surface area contributed by atoms with Crippen LogP contribution in [0.4, 0.5) is 9.59 Å². The molecular formula is C45H90N2O4S. The normalized spacial score (nSPS) is 11.7. The van der Waals surface area contributed by atoms with Crippen LogP contribution in [0.3, 0.4) is 0 Å². The number of hydrogen-bond acceptors (Lipinski definition) is 6. The van der Waals surface area contributed by atoms with Gasteiger partial charge in [-0.3, -0.25) is 9.63 Å². The largest absolute Gasteiger partial charge is 0.444 e. The van der Waals surface area contributed by atoms with Crippen LogP contribution in [0.2, 0.25) is 0 Å². The van der Waals surface area contributed by atoms with Crippen molar-refractivity contribution in [3.8, 4) is 0 Å². The molecule has 7 heteroatoms. The number of carbonyl (C=O) groups excluding carboxylic acids is 2. The van der Waals surface area contributed by atoms with Crippen LogP contribution in [0.25, 0.3) is 0 Å². The van der Waals surface area contributed by atoms with Crippen molar-refractivity contribution >= 4 is 23.1 Å². The SMILES string of the molecule is CCCCCCCCCC(CCCCCCCCC)OC(=O)N(OC(CCCCCCCCC)CCCCCCCCC)C(=O)SCCCN(C)C. The molecule has 2 amide bonds. The Morgan fingerprint density at radius 3 is 1.13 bits per heavy atom. The number of hydrogen-bond donors (Lipinski definition) is 0. The highest BCUT2D eigenvalue weighted by Gasteiger charge is 2.30. The van der Waals surface area contributed by atoms with Gasteiger partial charge in [0.05, 0.1) is 6.10 Å². The van der Waals surface area contributed by atoms with Gasteiger partial charge in [0, 0.05) is 5.75 Å². The Hall–Kier alpha value is -0.790. The van der Waals surface area contributed by atoms with Crippen molar-refractivity contribution in [2.75, 3.05) is 26.4 Å². The standard InChI is InChI=1S/C45H90N2O4S/c1-7-11-15-19-23-27-31-36-42(37-32-28-24-20-16-12-8-2)50-44(48)47(45(49)52-41-35-40-46(5)6)51-43(38-33-29-25-21-17-13-9-3)39-34-30-26-22-18-14-10-4/h42-43H,7-41H2,1-6H3. The smallest absolute Gasteiger partial charge is 0.442 e. The summed E-state index contributed by atoms with van der Waals surface area (Å²) in [5.74, 6) is 0.657. The van der Waals surface area contributed by atoms with E-state index in [4.69, 9.17) is 9.57 Å². The Labute approximate surface area is 329 Å². The molecule has 6 nitrogen and oxygen atoms in total. The van der Waals surface area contributed by atoms with Gasteiger partial charge in [-0.2, -0.15) is 0 Å². The lowest BCUT2D eigenvalue weighted by Gasteiger charge is -2.27. The molecule has 0 radical (unpaired) electrons. The molecule has 0 rings (SSSR count). The average molecular weight is 755 g/mol. The summed E-state index contributed by atoms with van der Waals surface area (Å²) >= 11 is 1.20. The number of carbonyl (C=O) groups is 2. The molecule has 0 spiro atoms. The minimum absolute atomic E-state index is 0.144. The quantitative estimate of drug-likeness (QED) is 0.0460. The lowest BCUT2D eigenvalue weighted by Crippen LogP contribution is -2.40. The first kappa shape index (κ1) is 51.2. The zero-order valence-electron chi connectivity index (χ0n) is 35.8. The number of ether oxygens (including phenoxy) is 1. The molecule has 0 N–H and O–H groups in total. The molecule has 0 saturated heterocycles. The fourth-order valence-electron chi connectivity index (χ4n) is 6.93. The number of imide groups is 1. The third-order valence-corrected chi connectivity index (χ3v) is 11.3. The number of hydroxylamine groups is 2. The lowest BCUT2D eigenvalue weighted by molar-refractivity contribution is -0.145. The molecule has 0 bridgehead atoms. The van der Waals surface area contributed by atoms with Crippen LogP contribution in [-0.4, -0.2) is 59.9 Å². The summed E-state index contributed by atoms with van der Waals surface area (Å²) in [5, 5.41) is 0.731. The van der Waals surface area contributed by atoms with E-state index in [1.54, 1.807) is 0 Å². The summed E-state index contributed by atoms with van der Waals surface area (Å²) in [6.07, 6.45) is 38.1.